The Bertz CT molecular complexity index is 891. The molecule has 25 heavy (non-hydrogen) atoms. The zero-order valence-electron chi connectivity index (χ0n) is 14.2. The highest BCUT2D eigenvalue weighted by Crippen LogP contribution is 2.29. The van der Waals surface area contributed by atoms with Crippen LogP contribution in [0.1, 0.15) is 36.8 Å². The van der Waals surface area contributed by atoms with Crippen LogP contribution in [0.5, 0.6) is 0 Å². The average molecular weight is 340 g/mol. The summed E-state index contributed by atoms with van der Waals surface area (Å²) in [5.41, 5.74) is 0.814. The Morgan fingerprint density at radius 3 is 2.56 bits per heavy atom. The van der Waals surface area contributed by atoms with E-state index in [2.05, 4.69) is 30.1 Å². The second-order valence-corrected chi connectivity index (χ2v) is 6.75. The molecule has 0 unspecified atom stereocenters. The minimum absolute atomic E-state index is 0.342. The second kappa shape index (κ2) is 5.68. The summed E-state index contributed by atoms with van der Waals surface area (Å²) in [6, 6.07) is 4.65. The number of hydrogen-bond donors (Lipinski definition) is 0. The van der Waals surface area contributed by atoms with Crippen molar-refractivity contribution in [3.05, 3.63) is 23.8 Å². The predicted octanol–water partition coefficient (Wildman–Crippen LogP) is 1.41. The van der Waals surface area contributed by atoms with Crippen molar-refractivity contribution in [3.8, 4) is 0 Å². The maximum atomic E-state index is 5.27. The van der Waals surface area contributed by atoms with Crippen LogP contribution in [0, 0.1) is 6.92 Å². The smallest absolute Gasteiger partial charge is 0.324 e. The van der Waals surface area contributed by atoms with Gasteiger partial charge in [-0.2, -0.15) is 9.50 Å². The molecule has 0 atom stereocenters. The fourth-order valence-corrected chi connectivity index (χ4v) is 3.51. The lowest BCUT2D eigenvalue weighted by molar-refractivity contribution is 0.386. The summed E-state index contributed by atoms with van der Waals surface area (Å²) in [4.78, 5) is 8.74. The fourth-order valence-electron chi connectivity index (χ4n) is 3.51. The van der Waals surface area contributed by atoms with Gasteiger partial charge in [0.2, 0.25) is 0 Å². The van der Waals surface area contributed by atoms with Gasteiger partial charge >= 0.3 is 6.01 Å². The Labute approximate surface area is 144 Å². The predicted molar refractivity (Wildman–Crippen MR) is 90.8 cm³/mol. The van der Waals surface area contributed by atoms with Crippen molar-refractivity contribution in [1.29, 1.82) is 0 Å². The molecule has 5 heterocycles. The van der Waals surface area contributed by atoms with Gasteiger partial charge in [0.25, 0.3) is 0 Å². The van der Waals surface area contributed by atoms with Crippen molar-refractivity contribution in [3.63, 3.8) is 0 Å². The number of aromatic nitrogens is 6. The van der Waals surface area contributed by atoms with Crippen LogP contribution < -0.4 is 9.80 Å². The van der Waals surface area contributed by atoms with E-state index < -0.39 is 0 Å². The lowest BCUT2D eigenvalue weighted by Crippen LogP contribution is -2.38. The van der Waals surface area contributed by atoms with E-state index >= 15 is 0 Å². The van der Waals surface area contributed by atoms with E-state index in [-0.39, 0.29) is 0 Å². The third-order valence-electron chi connectivity index (χ3n) is 5.10. The maximum Gasteiger partial charge on any atom is 0.324 e. The first-order chi connectivity index (χ1) is 12.3. The standard InChI is InChI=1S/C16H20N8O/c1-11-17-16(25-21-11)23-9-5-12(6-10-23)15-19-18-13-3-4-14(20-24(13)15)22-7-2-8-22/h3-4,12H,2,5-10H2,1H3. The molecule has 0 aliphatic carbocycles. The Kier molecular flexibility index (Phi) is 3.32. The number of rotatable bonds is 3. The third-order valence-corrected chi connectivity index (χ3v) is 5.10. The Hall–Kier alpha value is -2.71. The monoisotopic (exact) mass is 340 g/mol. The van der Waals surface area contributed by atoms with Gasteiger partial charge in [0, 0.05) is 32.1 Å². The molecule has 2 aliphatic rings. The maximum absolute atomic E-state index is 5.27. The number of hydrogen-bond acceptors (Lipinski definition) is 8. The number of fused-ring (bicyclic) bond motifs is 1. The Morgan fingerprint density at radius 2 is 1.88 bits per heavy atom. The van der Waals surface area contributed by atoms with Crippen molar-refractivity contribution in [2.24, 2.45) is 0 Å². The quantitative estimate of drug-likeness (QED) is 0.707. The second-order valence-electron chi connectivity index (χ2n) is 6.75. The molecule has 0 amide bonds. The highest BCUT2D eigenvalue weighted by molar-refractivity contribution is 5.47. The highest BCUT2D eigenvalue weighted by atomic mass is 16.5. The first-order valence-electron chi connectivity index (χ1n) is 8.80. The molecular formula is C16H20N8O. The van der Waals surface area contributed by atoms with Crippen LogP contribution in [0.2, 0.25) is 0 Å². The summed E-state index contributed by atoms with van der Waals surface area (Å²) >= 11 is 0. The molecule has 2 saturated heterocycles. The third kappa shape index (κ3) is 2.50. The first-order valence-corrected chi connectivity index (χ1v) is 8.80. The summed E-state index contributed by atoms with van der Waals surface area (Å²) < 4.78 is 7.20. The molecule has 0 N–H and O–H groups in total. The van der Waals surface area contributed by atoms with Gasteiger partial charge < -0.3 is 14.3 Å². The van der Waals surface area contributed by atoms with E-state index in [1.165, 1.54) is 6.42 Å². The zero-order chi connectivity index (χ0) is 16.8. The van der Waals surface area contributed by atoms with Crippen LogP contribution in [0.25, 0.3) is 5.65 Å². The summed E-state index contributed by atoms with van der Waals surface area (Å²) in [5, 5.41) is 17.4. The summed E-state index contributed by atoms with van der Waals surface area (Å²) in [6.45, 7) is 5.74. The molecule has 0 radical (unpaired) electrons. The van der Waals surface area contributed by atoms with E-state index in [1.807, 2.05) is 23.6 Å². The molecule has 2 fully saturated rings. The van der Waals surface area contributed by atoms with Gasteiger partial charge in [-0.3, -0.25) is 0 Å². The van der Waals surface area contributed by atoms with Crippen molar-refractivity contribution in [1.82, 2.24) is 30.0 Å². The molecule has 0 spiro atoms. The van der Waals surface area contributed by atoms with E-state index in [1.54, 1.807) is 0 Å². The van der Waals surface area contributed by atoms with Crippen molar-refractivity contribution in [2.45, 2.75) is 32.1 Å². The summed E-state index contributed by atoms with van der Waals surface area (Å²) in [7, 11) is 0. The van der Waals surface area contributed by atoms with Crippen LogP contribution in [-0.2, 0) is 0 Å². The van der Waals surface area contributed by atoms with Crippen molar-refractivity contribution < 1.29 is 4.52 Å². The number of anilines is 2. The van der Waals surface area contributed by atoms with Crippen LogP contribution in [0.3, 0.4) is 0 Å². The van der Waals surface area contributed by atoms with Crippen LogP contribution >= 0.6 is 0 Å². The molecule has 9 nitrogen and oxygen atoms in total. The SMILES string of the molecule is Cc1noc(N2CCC(c3nnc4ccc(N5CCC5)nn34)CC2)n1. The Balaban J connectivity index is 1.36. The topological polar surface area (TPSA) is 88.5 Å². The molecular weight excluding hydrogens is 320 g/mol. The van der Waals surface area contributed by atoms with Gasteiger partial charge in [-0.1, -0.05) is 5.16 Å². The van der Waals surface area contributed by atoms with E-state index in [4.69, 9.17) is 9.62 Å². The molecule has 130 valence electrons. The number of piperidine rings is 1. The van der Waals surface area contributed by atoms with Gasteiger partial charge in [0.05, 0.1) is 0 Å². The molecule has 0 saturated carbocycles. The normalized spacial score (nSPS) is 18.8. The first kappa shape index (κ1) is 14.6. The van der Waals surface area contributed by atoms with Crippen molar-refractivity contribution >= 4 is 17.5 Å². The van der Waals surface area contributed by atoms with Gasteiger partial charge in [0.1, 0.15) is 5.82 Å². The molecule has 9 heteroatoms. The summed E-state index contributed by atoms with van der Waals surface area (Å²) in [5.74, 6) is 2.98. The van der Waals surface area contributed by atoms with Crippen molar-refractivity contribution in [2.75, 3.05) is 36.0 Å². The zero-order valence-corrected chi connectivity index (χ0v) is 14.2. The minimum atomic E-state index is 0.342. The van der Waals surface area contributed by atoms with Crippen LogP contribution in [-0.4, -0.2) is 56.1 Å². The fraction of sp³-hybridized carbons (Fsp3) is 0.562. The molecule has 0 bridgehead atoms. The molecule has 2 aliphatic heterocycles. The molecule has 5 rings (SSSR count). The van der Waals surface area contributed by atoms with Gasteiger partial charge in [0.15, 0.2) is 17.3 Å². The van der Waals surface area contributed by atoms with E-state index in [0.29, 0.717) is 17.8 Å². The highest BCUT2D eigenvalue weighted by Gasteiger charge is 2.27. The van der Waals surface area contributed by atoms with E-state index in [0.717, 1.165) is 56.3 Å². The lowest BCUT2D eigenvalue weighted by atomic mass is 9.96. The molecule has 3 aromatic rings. The largest absolute Gasteiger partial charge is 0.355 e. The number of nitrogens with zero attached hydrogens (tertiary/aromatic N) is 8. The number of aryl methyl sites for hydroxylation is 1. The van der Waals surface area contributed by atoms with Crippen LogP contribution in [0.15, 0.2) is 16.7 Å². The summed E-state index contributed by atoms with van der Waals surface area (Å²) in [6.07, 6.45) is 3.18. The van der Waals surface area contributed by atoms with Gasteiger partial charge in [-0.25, -0.2) is 0 Å². The van der Waals surface area contributed by atoms with Gasteiger partial charge in [-0.05, 0) is 38.3 Å². The minimum Gasteiger partial charge on any atom is -0.355 e. The molecule has 3 aromatic heterocycles. The Morgan fingerprint density at radius 1 is 1.04 bits per heavy atom. The average Bonchev–Trinajstić information content (AvgIpc) is 3.19. The molecule has 0 aromatic carbocycles. The van der Waals surface area contributed by atoms with Crippen LogP contribution in [0.4, 0.5) is 11.8 Å². The van der Waals surface area contributed by atoms with E-state index in [9.17, 15) is 0 Å². The lowest BCUT2D eigenvalue weighted by Gasteiger charge is -2.32. The van der Waals surface area contributed by atoms with Gasteiger partial charge in [-0.15, -0.1) is 15.3 Å².